The number of rotatable bonds is 4. The van der Waals surface area contributed by atoms with E-state index in [2.05, 4.69) is 20.4 Å². The molecule has 0 radical (unpaired) electrons. The third-order valence-electron chi connectivity index (χ3n) is 2.71. The summed E-state index contributed by atoms with van der Waals surface area (Å²) in [6.07, 6.45) is 6.21. The minimum absolute atomic E-state index is 0.254. The molecule has 19 heavy (non-hydrogen) atoms. The highest BCUT2D eigenvalue weighted by molar-refractivity contribution is 5.34. The average Bonchev–Trinajstić information content (AvgIpc) is 2.85. The summed E-state index contributed by atoms with van der Waals surface area (Å²) in [4.78, 5) is 7.91. The van der Waals surface area contributed by atoms with Crippen molar-refractivity contribution in [3.05, 3.63) is 36.0 Å². The molecule has 0 aliphatic carbocycles. The zero-order chi connectivity index (χ0) is 13.9. The molecule has 2 heterocycles. The Morgan fingerprint density at radius 1 is 1.42 bits per heavy atom. The Kier molecular flexibility index (Phi) is 3.44. The zero-order valence-corrected chi connectivity index (χ0v) is 10.7. The second kappa shape index (κ2) is 5.04. The molecule has 2 aromatic heterocycles. The smallest absolute Gasteiger partial charge is 0.158 e. The molecule has 0 amide bonds. The number of nitrogens with zero attached hydrogens (tertiary/aromatic N) is 5. The molecule has 98 valence electrons. The highest BCUT2D eigenvalue weighted by Gasteiger charge is 2.24. The Balaban J connectivity index is 2.03. The SMILES string of the molecule is Cn1cc(C(C)(O)CNc2cnc(C#N)cn2)cn1. The van der Waals surface area contributed by atoms with Crippen molar-refractivity contribution in [1.29, 1.82) is 5.26 Å². The van der Waals surface area contributed by atoms with Crippen LogP contribution >= 0.6 is 0 Å². The molecule has 0 saturated carbocycles. The molecular formula is C12H14N6O. The highest BCUT2D eigenvalue weighted by atomic mass is 16.3. The first-order valence-electron chi connectivity index (χ1n) is 5.69. The number of nitrogens with one attached hydrogen (secondary N) is 1. The summed E-state index contributed by atoms with van der Waals surface area (Å²) in [5.74, 6) is 0.503. The molecule has 7 heteroatoms. The van der Waals surface area contributed by atoms with Crippen molar-refractivity contribution in [2.75, 3.05) is 11.9 Å². The molecule has 2 rings (SSSR count). The van der Waals surface area contributed by atoms with E-state index >= 15 is 0 Å². The molecular weight excluding hydrogens is 244 g/mol. The van der Waals surface area contributed by atoms with Gasteiger partial charge in [-0.1, -0.05) is 0 Å². The highest BCUT2D eigenvalue weighted by Crippen LogP contribution is 2.19. The molecule has 2 aromatic rings. The van der Waals surface area contributed by atoms with E-state index in [0.717, 1.165) is 0 Å². The number of anilines is 1. The zero-order valence-electron chi connectivity index (χ0n) is 10.7. The number of nitriles is 1. The van der Waals surface area contributed by atoms with Gasteiger partial charge in [0.2, 0.25) is 0 Å². The van der Waals surface area contributed by atoms with Gasteiger partial charge in [0.25, 0.3) is 0 Å². The van der Waals surface area contributed by atoms with Gasteiger partial charge in [0.05, 0.1) is 18.6 Å². The first kappa shape index (κ1) is 13.0. The van der Waals surface area contributed by atoms with Gasteiger partial charge in [0.15, 0.2) is 5.69 Å². The number of hydrogen-bond donors (Lipinski definition) is 2. The molecule has 0 aliphatic rings. The maximum absolute atomic E-state index is 10.3. The van der Waals surface area contributed by atoms with Crippen LogP contribution < -0.4 is 5.32 Å². The van der Waals surface area contributed by atoms with Crippen LogP contribution in [-0.2, 0) is 12.6 Å². The summed E-state index contributed by atoms with van der Waals surface area (Å²) in [7, 11) is 1.79. The molecule has 1 unspecified atom stereocenters. The lowest BCUT2D eigenvalue weighted by Gasteiger charge is -2.22. The van der Waals surface area contributed by atoms with E-state index in [0.29, 0.717) is 11.4 Å². The number of hydrogen-bond acceptors (Lipinski definition) is 6. The van der Waals surface area contributed by atoms with Gasteiger partial charge < -0.3 is 10.4 Å². The molecule has 0 aromatic carbocycles. The number of aryl methyl sites for hydroxylation is 1. The number of aromatic nitrogens is 4. The summed E-state index contributed by atoms with van der Waals surface area (Å²) in [5, 5.41) is 26.0. The number of aliphatic hydroxyl groups is 1. The van der Waals surface area contributed by atoms with Crippen molar-refractivity contribution >= 4 is 5.82 Å². The van der Waals surface area contributed by atoms with Crippen molar-refractivity contribution in [2.45, 2.75) is 12.5 Å². The van der Waals surface area contributed by atoms with E-state index in [9.17, 15) is 5.11 Å². The first-order valence-corrected chi connectivity index (χ1v) is 5.69. The van der Waals surface area contributed by atoms with Gasteiger partial charge in [-0.3, -0.25) is 4.68 Å². The second-order valence-corrected chi connectivity index (χ2v) is 4.43. The topological polar surface area (TPSA) is 99.7 Å². The third-order valence-corrected chi connectivity index (χ3v) is 2.71. The van der Waals surface area contributed by atoms with E-state index in [1.54, 1.807) is 31.0 Å². The van der Waals surface area contributed by atoms with E-state index in [4.69, 9.17) is 5.26 Å². The van der Waals surface area contributed by atoms with E-state index in [-0.39, 0.29) is 12.2 Å². The fourth-order valence-electron chi connectivity index (χ4n) is 1.54. The van der Waals surface area contributed by atoms with Crippen LogP contribution in [0.1, 0.15) is 18.2 Å². The fourth-order valence-corrected chi connectivity index (χ4v) is 1.54. The Labute approximate surface area is 110 Å². The first-order chi connectivity index (χ1) is 9.01. The van der Waals surface area contributed by atoms with Gasteiger partial charge in [0.1, 0.15) is 17.5 Å². The maximum Gasteiger partial charge on any atom is 0.158 e. The van der Waals surface area contributed by atoms with Crippen LogP contribution in [0, 0.1) is 11.3 Å². The van der Waals surface area contributed by atoms with Gasteiger partial charge >= 0.3 is 0 Å². The lowest BCUT2D eigenvalue weighted by molar-refractivity contribution is 0.0713. The van der Waals surface area contributed by atoms with Gasteiger partial charge in [-0.15, -0.1) is 0 Å². The second-order valence-electron chi connectivity index (χ2n) is 4.43. The molecule has 0 saturated heterocycles. The predicted octanol–water partition coefficient (Wildman–Crippen LogP) is 0.401. The monoisotopic (exact) mass is 258 g/mol. The molecule has 0 spiro atoms. The lowest BCUT2D eigenvalue weighted by atomic mass is 10.00. The van der Waals surface area contributed by atoms with Crippen LogP contribution in [0.5, 0.6) is 0 Å². The van der Waals surface area contributed by atoms with Gasteiger partial charge in [-0.25, -0.2) is 9.97 Å². The minimum Gasteiger partial charge on any atom is -0.383 e. The Morgan fingerprint density at radius 3 is 2.74 bits per heavy atom. The van der Waals surface area contributed by atoms with Crippen LogP contribution in [-0.4, -0.2) is 31.4 Å². The molecule has 0 bridgehead atoms. The van der Waals surface area contributed by atoms with E-state index in [1.165, 1.54) is 12.4 Å². The summed E-state index contributed by atoms with van der Waals surface area (Å²) < 4.78 is 1.63. The van der Waals surface area contributed by atoms with Gasteiger partial charge in [0, 0.05) is 25.4 Å². The maximum atomic E-state index is 10.3. The molecule has 1 atom stereocenters. The molecule has 7 nitrogen and oxygen atoms in total. The van der Waals surface area contributed by atoms with Crippen LogP contribution in [0.4, 0.5) is 5.82 Å². The van der Waals surface area contributed by atoms with Crippen molar-refractivity contribution in [2.24, 2.45) is 7.05 Å². The predicted molar refractivity (Wildman–Crippen MR) is 68.0 cm³/mol. The van der Waals surface area contributed by atoms with Crippen molar-refractivity contribution in [1.82, 2.24) is 19.7 Å². The van der Waals surface area contributed by atoms with E-state index < -0.39 is 5.60 Å². The van der Waals surface area contributed by atoms with Gasteiger partial charge in [-0.05, 0) is 6.92 Å². The largest absolute Gasteiger partial charge is 0.383 e. The normalized spacial score (nSPS) is 13.6. The summed E-state index contributed by atoms with van der Waals surface area (Å²) in [6.45, 7) is 1.95. The molecule has 0 aliphatic heterocycles. The van der Waals surface area contributed by atoms with Crippen LogP contribution in [0.15, 0.2) is 24.8 Å². The summed E-state index contributed by atoms with van der Waals surface area (Å²) in [6, 6.07) is 1.89. The summed E-state index contributed by atoms with van der Waals surface area (Å²) >= 11 is 0. The third kappa shape index (κ3) is 3.05. The van der Waals surface area contributed by atoms with Gasteiger partial charge in [-0.2, -0.15) is 10.4 Å². The van der Waals surface area contributed by atoms with Crippen molar-refractivity contribution in [3.8, 4) is 6.07 Å². The fraction of sp³-hybridized carbons (Fsp3) is 0.333. The van der Waals surface area contributed by atoms with Crippen molar-refractivity contribution < 1.29 is 5.11 Å². The van der Waals surface area contributed by atoms with Crippen LogP contribution in [0.2, 0.25) is 0 Å². The Morgan fingerprint density at radius 2 is 2.21 bits per heavy atom. The van der Waals surface area contributed by atoms with Crippen LogP contribution in [0.25, 0.3) is 0 Å². The molecule has 0 fully saturated rings. The average molecular weight is 258 g/mol. The standard InChI is InChI=1S/C12H14N6O/c1-12(19,9-4-17-18(2)7-9)8-16-11-6-14-10(3-13)5-15-11/h4-7,19H,8H2,1-2H3,(H,15,16). The molecule has 2 N–H and O–H groups in total. The lowest BCUT2D eigenvalue weighted by Crippen LogP contribution is -2.30. The van der Waals surface area contributed by atoms with Crippen molar-refractivity contribution in [3.63, 3.8) is 0 Å². The van der Waals surface area contributed by atoms with Crippen LogP contribution in [0.3, 0.4) is 0 Å². The Hall–Kier alpha value is -2.46. The van der Waals surface area contributed by atoms with E-state index in [1.807, 2.05) is 6.07 Å². The summed E-state index contributed by atoms with van der Waals surface area (Å²) in [5.41, 5.74) is -0.0993. The minimum atomic E-state index is -1.07. The quantitative estimate of drug-likeness (QED) is 0.823. The Bertz CT molecular complexity index is 595.